The molecule has 0 spiro atoms. The fraction of sp³-hybridized carbons (Fsp3) is 0.0645. The van der Waals surface area contributed by atoms with Crippen LogP contribution >= 0.6 is 27.3 Å². The molecular weight excluding hydrogens is 574 g/mol. The summed E-state index contributed by atoms with van der Waals surface area (Å²) in [5.74, 6) is -0.0841. The van der Waals surface area contributed by atoms with Crippen molar-refractivity contribution in [2.24, 2.45) is 0 Å². The molecule has 8 heteroatoms. The minimum atomic E-state index is -0.103. The van der Waals surface area contributed by atoms with Crippen LogP contribution in [0.25, 0.3) is 21.9 Å². The molecule has 3 heterocycles. The Morgan fingerprint density at radius 3 is 2.18 bits per heavy atom. The molecule has 4 aromatic carbocycles. The lowest BCUT2D eigenvalue weighted by Crippen LogP contribution is -2.12. The van der Waals surface area contributed by atoms with Crippen LogP contribution in [0.15, 0.2) is 94.1 Å². The highest BCUT2D eigenvalue weighted by Crippen LogP contribution is 2.32. The third-order valence-corrected chi connectivity index (χ3v) is 8.25. The van der Waals surface area contributed by atoms with Crippen LogP contribution < -0.4 is 16.0 Å². The molecule has 7 rings (SSSR count). The van der Waals surface area contributed by atoms with Gasteiger partial charge in [-0.3, -0.25) is 14.4 Å². The Kier molecular flexibility index (Phi) is 6.72. The highest BCUT2D eigenvalue weighted by atomic mass is 79.9. The first-order valence-corrected chi connectivity index (χ1v) is 14.0. The summed E-state index contributed by atoms with van der Waals surface area (Å²) < 4.78 is 1.01. The quantitative estimate of drug-likeness (QED) is 0.215. The molecule has 6 nitrogen and oxygen atoms in total. The van der Waals surface area contributed by atoms with Gasteiger partial charge < -0.3 is 16.0 Å². The van der Waals surface area contributed by atoms with Crippen LogP contribution in [0, 0.1) is 0 Å². The van der Waals surface area contributed by atoms with Crippen molar-refractivity contribution in [3.8, 4) is 11.1 Å². The van der Waals surface area contributed by atoms with Gasteiger partial charge in [0.05, 0.1) is 5.56 Å². The largest absolute Gasteiger partial charge is 0.348 e. The molecule has 192 valence electrons. The van der Waals surface area contributed by atoms with E-state index in [1.54, 1.807) is 0 Å². The van der Waals surface area contributed by atoms with Gasteiger partial charge in [-0.15, -0.1) is 0 Å². The predicted octanol–water partition coefficient (Wildman–Crippen LogP) is 6.76. The van der Waals surface area contributed by atoms with E-state index < -0.39 is 0 Å². The van der Waals surface area contributed by atoms with E-state index in [0.717, 1.165) is 54.3 Å². The molecule has 0 aliphatic carbocycles. The summed E-state index contributed by atoms with van der Waals surface area (Å²) in [6, 6.07) is 25.4. The van der Waals surface area contributed by atoms with Gasteiger partial charge in [-0.2, -0.15) is 11.3 Å². The number of fused-ring (bicyclic) bond motifs is 3. The van der Waals surface area contributed by atoms with Crippen molar-refractivity contribution in [3.63, 3.8) is 0 Å². The van der Waals surface area contributed by atoms with Gasteiger partial charge in [0.1, 0.15) is 0 Å². The molecule has 0 bridgehead atoms. The van der Waals surface area contributed by atoms with Crippen LogP contribution in [-0.4, -0.2) is 17.7 Å². The van der Waals surface area contributed by atoms with Crippen LogP contribution in [-0.2, 0) is 13.1 Å². The van der Waals surface area contributed by atoms with Crippen molar-refractivity contribution in [2.45, 2.75) is 13.1 Å². The Morgan fingerprint density at radius 1 is 0.769 bits per heavy atom. The van der Waals surface area contributed by atoms with E-state index in [2.05, 4.69) is 56.1 Å². The van der Waals surface area contributed by atoms with E-state index in [-0.39, 0.29) is 17.7 Å². The van der Waals surface area contributed by atoms with Gasteiger partial charge in [-0.05, 0) is 80.9 Å². The zero-order chi connectivity index (χ0) is 26.9. The maximum atomic E-state index is 12.2. The van der Waals surface area contributed by atoms with Gasteiger partial charge >= 0.3 is 0 Å². The molecule has 3 N–H and O–H groups in total. The molecule has 0 radical (unpaired) electrons. The summed E-state index contributed by atoms with van der Waals surface area (Å²) in [5, 5.41) is 14.4. The van der Waals surface area contributed by atoms with Crippen LogP contribution in [0.5, 0.6) is 0 Å². The van der Waals surface area contributed by atoms with E-state index in [0.29, 0.717) is 18.7 Å². The second-order valence-corrected chi connectivity index (χ2v) is 10.8. The van der Waals surface area contributed by atoms with E-state index in [4.69, 9.17) is 0 Å². The third-order valence-electron chi connectivity index (χ3n) is 6.83. The Hall–Kier alpha value is -4.27. The summed E-state index contributed by atoms with van der Waals surface area (Å²) >= 11 is 4.89. The van der Waals surface area contributed by atoms with Crippen molar-refractivity contribution in [3.05, 3.63) is 122 Å². The SMILES string of the molecule is O=C(Nc1ccc2cc(-c3cccc4c3CNC4=O)ccc2c1)c1ccsc1.O=C1NCc2c(Br)cccc21. The Labute approximate surface area is 237 Å². The minimum Gasteiger partial charge on any atom is -0.348 e. The lowest BCUT2D eigenvalue weighted by Gasteiger charge is -2.10. The highest BCUT2D eigenvalue weighted by molar-refractivity contribution is 9.10. The van der Waals surface area contributed by atoms with E-state index in [1.807, 2.05) is 65.4 Å². The average molecular weight is 597 g/mol. The third kappa shape index (κ3) is 4.96. The number of benzene rings is 4. The number of carbonyl (C=O) groups is 3. The van der Waals surface area contributed by atoms with Crippen molar-refractivity contribution in [1.82, 2.24) is 10.6 Å². The Bertz CT molecular complexity index is 1770. The van der Waals surface area contributed by atoms with Crippen molar-refractivity contribution in [1.29, 1.82) is 0 Å². The Balaban J connectivity index is 0.000000210. The first-order chi connectivity index (χ1) is 19.0. The van der Waals surface area contributed by atoms with E-state index >= 15 is 0 Å². The number of thiophene rings is 1. The van der Waals surface area contributed by atoms with E-state index in [1.165, 1.54) is 11.3 Å². The van der Waals surface area contributed by atoms with Gasteiger partial charge in [-0.25, -0.2) is 0 Å². The summed E-state index contributed by atoms with van der Waals surface area (Å²) in [4.78, 5) is 35.3. The maximum Gasteiger partial charge on any atom is 0.256 e. The molecule has 0 atom stereocenters. The zero-order valence-electron chi connectivity index (χ0n) is 20.6. The van der Waals surface area contributed by atoms with Crippen molar-refractivity contribution < 1.29 is 14.4 Å². The zero-order valence-corrected chi connectivity index (χ0v) is 23.0. The van der Waals surface area contributed by atoms with Gasteiger partial charge in [0.15, 0.2) is 0 Å². The monoisotopic (exact) mass is 595 g/mol. The molecule has 3 amide bonds. The van der Waals surface area contributed by atoms with Crippen LogP contribution in [0.1, 0.15) is 42.2 Å². The number of hydrogen-bond donors (Lipinski definition) is 3. The normalized spacial score (nSPS) is 13.2. The second kappa shape index (κ2) is 10.5. The standard InChI is InChI=1S/C23H16N2O2S.C8H6BrNO/c26-22(17-8-9-28-13-17)25-18-7-6-14-10-16(5-4-15(14)11-18)19-2-1-3-20-21(19)12-24-23(20)27;9-7-3-1-2-5-6(7)4-10-8(5)11/h1-11,13H,12H2,(H,24,27)(H,25,26);1-3H,4H2,(H,10,11). The summed E-state index contributed by atoms with van der Waals surface area (Å²) in [6.45, 7) is 1.21. The van der Waals surface area contributed by atoms with Crippen molar-refractivity contribution >= 4 is 61.4 Å². The summed E-state index contributed by atoms with van der Waals surface area (Å²) in [5.41, 5.74) is 7.25. The summed E-state index contributed by atoms with van der Waals surface area (Å²) in [7, 11) is 0. The van der Waals surface area contributed by atoms with Gasteiger partial charge in [0.25, 0.3) is 17.7 Å². The van der Waals surface area contributed by atoms with Gasteiger partial charge in [-0.1, -0.05) is 52.3 Å². The molecule has 39 heavy (non-hydrogen) atoms. The number of anilines is 1. The number of hydrogen-bond acceptors (Lipinski definition) is 4. The fourth-order valence-corrected chi connectivity index (χ4v) is 5.97. The topological polar surface area (TPSA) is 87.3 Å². The van der Waals surface area contributed by atoms with Crippen LogP contribution in [0.3, 0.4) is 0 Å². The summed E-state index contributed by atoms with van der Waals surface area (Å²) in [6.07, 6.45) is 0. The van der Waals surface area contributed by atoms with Crippen LogP contribution in [0.2, 0.25) is 0 Å². The number of amides is 3. The average Bonchev–Trinajstić information content (AvgIpc) is 3.71. The predicted molar refractivity (Wildman–Crippen MR) is 158 cm³/mol. The molecule has 0 saturated carbocycles. The smallest absolute Gasteiger partial charge is 0.256 e. The molecule has 2 aliphatic heterocycles. The minimum absolute atomic E-state index is 0.0105. The van der Waals surface area contributed by atoms with Crippen LogP contribution in [0.4, 0.5) is 5.69 Å². The van der Waals surface area contributed by atoms with Gasteiger partial charge in [0, 0.05) is 39.8 Å². The first kappa shape index (κ1) is 25.0. The molecule has 5 aromatic rings. The fourth-order valence-electron chi connectivity index (χ4n) is 4.83. The molecule has 0 saturated heterocycles. The number of halogens is 1. The molecule has 0 fully saturated rings. The number of nitrogens with one attached hydrogen (secondary N) is 3. The second-order valence-electron chi connectivity index (χ2n) is 9.21. The number of rotatable bonds is 3. The van der Waals surface area contributed by atoms with E-state index in [9.17, 15) is 14.4 Å². The number of carbonyl (C=O) groups excluding carboxylic acids is 3. The lowest BCUT2D eigenvalue weighted by atomic mass is 9.95. The molecular formula is C31H22BrN3O3S. The molecule has 1 aromatic heterocycles. The molecule has 2 aliphatic rings. The lowest BCUT2D eigenvalue weighted by molar-refractivity contribution is 0.0957. The van der Waals surface area contributed by atoms with Gasteiger partial charge in [0.2, 0.25) is 0 Å². The molecule has 0 unspecified atom stereocenters. The highest BCUT2D eigenvalue weighted by Gasteiger charge is 2.22. The maximum absolute atomic E-state index is 12.2. The first-order valence-electron chi connectivity index (χ1n) is 12.3. The van der Waals surface area contributed by atoms with Crippen molar-refractivity contribution in [2.75, 3.05) is 5.32 Å². The Morgan fingerprint density at radius 2 is 1.44 bits per heavy atom.